The van der Waals surface area contributed by atoms with E-state index in [4.69, 9.17) is 4.74 Å². The number of likely N-dealkylation sites (N-methyl/N-ethyl adjacent to an activating group) is 1. The highest BCUT2D eigenvalue weighted by atomic mass is 79.9. The van der Waals surface area contributed by atoms with Crippen molar-refractivity contribution in [3.63, 3.8) is 0 Å². The molecule has 1 aromatic heterocycles. The SMILES string of the molecule is CNC(c1cscc1Br)C1CCCO1. The first-order valence-electron chi connectivity index (χ1n) is 4.83. The first-order chi connectivity index (χ1) is 6.83. The average Bonchev–Trinajstić information content (AvgIpc) is 2.80. The number of nitrogens with one attached hydrogen (secondary N) is 1. The summed E-state index contributed by atoms with van der Waals surface area (Å²) in [7, 11) is 2.00. The van der Waals surface area contributed by atoms with Crippen molar-refractivity contribution in [3.05, 3.63) is 20.8 Å². The second-order valence-corrected chi connectivity index (χ2v) is 5.09. The second-order valence-electron chi connectivity index (χ2n) is 3.49. The highest BCUT2D eigenvalue weighted by Crippen LogP contribution is 2.33. The lowest BCUT2D eigenvalue weighted by molar-refractivity contribution is 0.0807. The van der Waals surface area contributed by atoms with Gasteiger partial charge >= 0.3 is 0 Å². The molecule has 2 atom stereocenters. The van der Waals surface area contributed by atoms with E-state index in [2.05, 4.69) is 32.0 Å². The number of halogens is 1. The van der Waals surface area contributed by atoms with E-state index in [1.54, 1.807) is 11.3 Å². The minimum absolute atomic E-state index is 0.332. The van der Waals surface area contributed by atoms with Crippen LogP contribution in [0, 0.1) is 0 Å². The fourth-order valence-corrected chi connectivity index (χ4v) is 3.50. The van der Waals surface area contributed by atoms with Crippen molar-refractivity contribution >= 4 is 27.3 Å². The molecule has 1 N–H and O–H groups in total. The van der Waals surface area contributed by atoms with Crippen molar-refractivity contribution < 1.29 is 4.74 Å². The van der Waals surface area contributed by atoms with E-state index in [1.165, 1.54) is 16.5 Å². The molecule has 2 heterocycles. The van der Waals surface area contributed by atoms with Crippen LogP contribution < -0.4 is 5.32 Å². The van der Waals surface area contributed by atoms with Gasteiger partial charge < -0.3 is 10.1 Å². The number of rotatable bonds is 3. The number of ether oxygens (including phenoxy) is 1. The fourth-order valence-electron chi connectivity index (χ4n) is 1.92. The van der Waals surface area contributed by atoms with Gasteiger partial charge in [-0.2, -0.15) is 11.3 Å². The van der Waals surface area contributed by atoms with Crippen LogP contribution in [0.15, 0.2) is 15.2 Å². The van der Waals surface area contributed by atoms with Gasteiger partial charge in [0.05, 0.1) is 12.1 Å². The summed E-state index contributed by atoms with van der Waals surface area (Å²) < 4.78 is 6.90. The highest BCUT2D eigenvalue weighted by molar-refractivity contribution is 9.10. The van der Waals surface area contributed by atoms with E-state index in [1.807, 2.05) is 7.05 Å². The molecule has 0 amide bonds. The largest absolute Gasteiger partial charge is 0.376 e. The molecule has 1 fully saturated rings. The summed E-state index contributed by atoms with van der Waals surface area (Å²) >= 11 is 5.30. The second kappa shape index (κ2) is 4.75. The van der Waals surface area contributed by atoms with Crippen LogP contribution >= 0.6 is 27.3 Å². The minimum Gasteiger partial charge on any atom is -0.376 e. The zero-order valence-electron chi connectivity index (χ0n) is 8.13. The van der Waals surface area contributed by atoms with E-state index in [-0.39, 0.29) is 0 Å². The lowest BCUT2D eigenvalue weighted by Crippen LogP contribution is -2.28. The van der Waals surface area contributed by atoms with E-state index in [9.17, 15) is 0 Å². The number of thiophene rings is 1. The average molecular weight is 276 g/mol. The van der Waals surface area contributed by atoms with Crippen LogP contribution in [0.1, 0.15) is 24.4 Å². The fraction of sp³-hybridized carbons (Fsp3) is 0.600. The predicted molar refractivity (Wildman–Crippen MR) is 62.8 cm³/mol. The minimum atomic E-state index is 0.332. The van der Waals surface area contributed by atoms with Crippen LogP contribution in [0.3, 0.4) is 0 Å². The monoisotopic (exact) mass is 275 g/mol. The van der Waals surface area contributed by atoms with Gasteiger partial charge in [0, 0.05) is 16.5 Å². The zero-order chi connectivity index (χ0) is 9.97. The first-order valence-corrected chi connectivity index (χ1v) is 6.57. The molecule has 0 saturated carbocycles. The van der Waals surface area contributed by atoms with Crippen molar-refractivity contribution in [2.45, 2.75) is 25.0 Å². The van der Waals surface area contributed by atoms with Gasteiger partial charge in [0.15, 0.2) is 0 Å². The highest BCUT2D eigenvalue weighted by Gasteiger charge is 2.27. The molecule has 0 radical (unpaired) electrons. The maximum atomic E-state index is 5.71. The van der Waals surface area contributed by atoms with Crippen molar-refractivity contribution in [2.75, 3.05) is 13.7 Å². The van der Waals surface area contributed by atoms with Gasteiger partial charge in [-0.25, -0.2) is 0 Å². The molecule has 0 bridgehead atoms. The van der Waals surface area contributed by atoms with Crippen LogP contribution in [0.5, 0.6) is 0 Å². The predicted octanol–water partition coefficient (Wildman–Crippen LogP) is 2.95. The molecule has 2 nitrogen and oxygen atoms in total. The number of hydrogen-bond acceptors (Lipinski definition) is 3. The normalized spacial score (nSPS) is 24.0. The molecule has 2 rings (SSSR count). The quantitative estimate of drug-likeness (QED) is 0.916. The molecule has 4 heteroatoms. The Hall–Kier alpha value is 0.1000. The Kier molecular flexibility index (Phi) is 3.60. The van der Waals surface area contributed by atoms with Crippen LogP contribution in [-0.2, 0) is 4.74 Å². The van der Waals surface area contributed by atoms with Gasteiger partial charge in [-0.1, -0.05) is 0 Å². The summed E-state index contributed by atoms with van der Waals surface area (Å²) in [6, 6.07) is 0.332. The van der Waals surface area contributed by atoms with Crippen LogP contribution in [-0.4, -0.2) is 19.8 Å². The van der Waals surface area contributed by atoms with Crippen LogP contribution in [0.2, 0.25) is 0 Å². The number of hydrogen-bond donors (Lipinski definition) is 1. The topological polar surface area (TPSA) is 21.3 Å². The van der Waals surface area contributed by atoms with E-state index in [0.29, 0.717) is 12.1 Å². The Morgan fingerprint density at radius 2 is 2.50 bits per heavy atom. The molecule has 1 aliphatic heterocycles. The summed E-state index contributed by atoms with van der Waals surface area (Å²) in [4.78, 5) is 0. The zero-order valence-corrected chi connectivity index (χ0v) is 10.5. The molecule has 0 aromatic carbocycles. The Morgan fingerprint density at radius 1 is 1.64 bits per heavy atom. The maximum Gasteiger partial charge on any atom is 0.0771 e. The lowest BCUT2D eigenvalue weighted by atomic mass is 10.0. The van der Waals surface area contributed by atoms with Crippen molar-refractivity contribution in [1.82, 2.24) is 5.32 Å². The molecule has 0 aliphatic carbocycles. The molecular weight excluding hydrogens is 262 g/mol. The molecular formula is C10H14BrNOS. The molecule has 78 valence electrons. The molecule has 14 heavy (non-hydrogen) atoms. The Balaban J connectivity index is 2.16. The molecule has 1 aromatic rings. The third kappa shape index (κ3) is 2.03. The lowest BCUT2D eigenvalue weighted by Gasteiger charge is -2.22. The maximum absolute atomic E-state index is 5.71. The van der Waals surface area contributed by atoms with Crippen LogP contribution in [0.25, 0.3) is 0 Å². The summed E-state index contributed by atoms with van der Waals surface area (Å²) in [6.07, 6.45) is 2.68. The summed E-state index contributed by atoms with van der Waals surface area (Å²) in [5.41, 5.74) is 1.32. The first kappa shape index (κ1) is 10.6. The summed E-state index contributed by atoms with van der Waals surface area (Å²) in [5, 5.41) is 7.65. The molecule has 0 spiro atoms. The van der Waals surface area contributed by atoms with Crippen molar-refractivity contribution in [3.8, 4) is 0 Å². The van der Waals surface area contributed by atoms with Crippen molar-refractivity contribution in [1.29, 1.82) is 0 Å². The standard InChI is InChI=1S/C10H14BrNOS/c1-12-10(9-3-2-4-13-9)7-5-14-6-8(7)11/h5-6,9-10,12H,2-4H2,1H3. The Morgan fingerprint density at radius 3 is 3.00 bits per heavy atom. The van der Waals surface area contributed by atoms with E-state index in [0.717, 1.165) is 13.0 Å². The third-order valence-corrected chi connectivity index (χ3v) is 4.38. The molecule has 1 saturated heterocycles. The van der Waals surface area contributed by atoms with Gasteiger partial charge in [-0.05, 0) is 46.8 Å². The Labute approximate surface area is 96.8 Å². The third-order valence-electron chi connectivity index (χ3n) is 2.63. The van der Waals surface area contributed by atoms with Crippen molar-refractivity contribution in [2.24, 2.45) is 0 Å². The van der Waals surface area contributed by atoms with Gasteiger partial charge in [0.25, 0.3) is 0 Å². The van der Waals surface area contributed by atoms with Gasteiger partial charge in [-0.15, -0.1) is 0 Å². The summed E-state index contributed by atoms with van der Waals surface area (Å²) in [5.74, 6) is 0. The van der Waals surface area contributed by atoms with E-state index >= 15 is 0 Å². The van der Waals surface area contributed by atoms with Gasteiger partial charge in [-0.3, -0.25) is 0 Å². The van der Waals surface area contributed by atoms with Gasteiger partial charge in [0.2, 0.25) is 0 Å². The van der Waals surface area contributed by atoms with E-state index < -0.39 is 0 Å². The molecule has 1 aliphatic rings. The smallest absolute Gasteiger partial charge is 0.0771 e. The van der Waals surface area contributed by atoms with Gasteiger partial charge in [0.1, 0.15) is 0 Å². The molecule has 2 unspecified atom stereocenters. The van der Waals surface area contributed by atoms with Crippen LogP contribution in [0.4, 0.5) is 0 Å². The summed E-state index contributed by atoms with van der Waals surface area (Å²) in [6.45, 7) is 0.907. The Bertz CT molecular complexity index is 296.